The van der Waals surface area contributed by atoms with Crippen LogP contribution in [0.25, 0.3) is 10.9 Å². The molecule has 2 heterocycles. The number of amides is 1. The van der Waals surface area contributed by atoms with Gasteiger partial charge in [-0.3, -0.25) is 4.79 Å². The van der Waals surface area contributed by atoms with Crippen LogP contribution in [0.2, 0.25) is 0 Å². The topological polar surface area (TPSA) is 51.4 Å². The van der Waals surface area contributed by atoms with E-state index in [0.717, 1.165) is 42.9 Å². The third-order valence-electron chi connectivity index (χ3n) is 4.82. The van der Waals surface area contributed by atoms with Crippen LogP contribution in [-0.2, 0) is 0 Å². The fourth-order valence-electron chi connectivity index (χ4n) is 3.24. The lowest BCUT2D eigenvalue weighted by Crippen LogP contribution is -2.44. The first-order valence-electron chi connectivity index (χ1n) is 8.72. The smallest absolute Gasteiger partial charge is 0.272 e. The van der Waals surface area contributed by atoms with Gasteiger partial charge in [0.15, 0.2) is 0 Å². The second kappa shape index (κ2) is 6.80. The van der Waals surface area contributed by atoms with Crippen LogP contribution in [0.1, 0.15) is 10.5 Å². The van der Waals surface area contributed by atoms with Gasteiger partial charge in [0.25, 0.3) is 5.91 Å². The van der Waals surface area contributed by atoms with E-state index < -0.39 is 0 Å². The molecule has 2 aromatic carbocycles. The van der Waals surface area contributed by atoms with Crippen molar-refractivity contribution in [1.29, 1.82) is 0 Å². The molecule has 0 aliphatic carbocycles. The molecule has 1 aliphatic rings. The summed E-state index contributed by atoms with van der Waals surface area (Å²) >= 11 is 0. The van der Waals surface area contributed by atoms with Crippen LogP contribution in [0, 0.1) is 5.82 Å². The average molecular weight is 352 g/mol. The minimum Gasteiger partial charge on any atom is -0.369 e. The Morgan fingerprint density at radius 2 is 1.77 bits per heavy atom. The number of H-pyrrole nitrogens is 1. The van der Waals surface area contributed by atoms with E-state index in [1.54, 1.807) is 12.1 Å². The number of likely N-dealkylation sites (N-methyl/N-ethyl adjacent to an activating group) is 1. The highest BCUT2D eigenvalue weighted by molar-refractivity contribution is 6.06. The quantitative estimate of drug-likeness (QED) is 0.760. The Kier molecular flexibility index (Phi) is 4.34. The van der Waals surface area contributed by atoms with Gasteiger partial charge >= 0.3 is 0 Å². The third-order valence-corrected chi connectivity index (χ3v) is 4.82. The van der Waals surface area contributed by atoms with Gasteiger partial charge in [0.2, 0.25) is 0 Å². The van der Waals surface area contributed by atoms with Crippen LogP contribution < -0.4 is 10.2 Å². The van der Waals surface area contributed by atoms with Gasteiger partial charge in [0, 0.05) is 48.5 Å². The summed E-state index contributed by atoms with van der Waals surface area (Å²) in [5, 5.41) is 3.69. The van der Waals surface area contributed by atoms with Crippen molar-refractivity contribution in [3.63, 3.8) is 0 Å². The van der Waals surface area contributed by atoms with Crippen molar-refractivity contribution in [3.8, 4) is 0 Å². The average Bonchev–Trinajstić information content (AvgIpc) is 3.06. The van der Waals surface area contributed by atoms with Crippen molar-refractivity contribution in [2.75, 3.05) is 43.4 Å². The van der Waals surface area contributed by atoms with E-state index >= 15 is 0 Å². The molecular formula is C20H21FN4O. The van der Waals surface area contributed by atoms with Gasteiger partial charge in [-0.2, -0.15) is 0 Å². The summed E-state index contributed by atoms with van der Waals surface area (Å²) in [6.45, 7) is 4.13. The van der Waals surface area contributed by atoms with Crippen molar-refractivity contribution in [3.05, 3.63) is 60.0 Å². The van der Waals surface area contributed by atoms with E-state index in [9.17, 15) is 9.18 Å². The van der Waals surface area contributed by atoms with E-state index in [4.69, 9.17) is 0 Å². The van der Waals surface area contributed by atoms with E-state index in [2.05, 4.69) is 27.1 Å². The zero-order chi connectivity index (χ0) is 18.1. The first-order valence-corrected chi connectivity index (χ1v) is 8.72. The number of rotatable bonds is 3. The Morgan fingerprint density at radius 3 is 2.50 bits per heavy atom. The number of piperazine rings is 1. The number of nitrogens with zero attached hydrogens (tertiary/aromatic N) is 2. The molecule has 26 heavy (non-hydrogen) atoms. The Hall–Kier alpha value is -2.86. The van der Waals surface area contributed by atoms with Crippen LogP contribution in [0.3, 0.4) is 0 Å². The molecule has 4 rings (SSSR count). The number of carbonyl (C=O) groups is 1. The second-order valence-electron chi connectivity index (χ2n) is 6.71. The number of fused-ring (bicyclic) bond motifs is 1. The molecule has 6 heteroatoms. The zero-order valence-corrected chi connectivity index (χ0v) is 14.6. The number of aromatic amines is 1. The van der Waals surface area contributed by atoms with Crippen molar-refractivity contribution < 1.29 is 9.18 Å². The van der Waals surface area contributed by atoms with Gasteiger partial charge < -0.3 is 20.1 Å². The maximum atomic E-state index is 13.3. The molecule has 2 N–H and O–H groups in total. The normalized spacial score (nSPS) is 15.4. The number of carbonyl (C=O) groups excluding carboxylic acids is 1. The van der Waals surface area contributed by atoms with E-state index in [-0.39, 0.29) is 11.7 Å². The summed E-state index contributed by atoms with van der Waals surface area (Å²) in [5.74, 6) is -0.570. The third kappa shape index (κ3) is 3.41. The predicted octanol–water partition coefficient (Wildman–Crippen LogP) is 3.31. The number of nitrogens with one attached hydrogen (secondary N) is 2. The SMILES string of the molecule is CN1CCN(c2ccc(NC(=O)c3cc4ccc(F)cc4[nH]3)cc2)CC1. The number of anilines is 2. The van der Waals surface area contributed by atoms with E-state index in [0.29, 0.717) is 11.2 Å². The molecule has 0 radical (unpaired) electrons. The molecule has 1 fully saturated rings. The van der Waals surface area contributed by atoms with Gasteiger partial charge in [-0.25, -0.2) is 4.39 Å². The van der Waals surface area contributed by atoms with Crippen LogP contribution in [0.5, 0.6) is 0 Å². The lowest BCUT2D eigenvalue weighted by Gasteiger charge is -2.34. The molecule has 134 valence electrons. The zero-order valence-electron chi connectivity index (χ0n) is 14.6. The summed E-state index contributed by atoms with van der Waals surface area (Å²) in [7, 11) is 2.13. The molecule has 1 amide bonds. The Bertz CT molecular complexity index is 927. The molecule has 1 saturated heterocycles. The number of benzene rings is 2. The summed E-state index contributed by atoms with van der Waals surface area (Å²) in [4.78, 5) is 20.1. The molecule has 0 atom stereocenters. The lowest BCUT2D eigenvalue weighted by molar-refractivity contribution is 0.102. The Balaban J connectivity index is 1.45. The molecule has 5 nitrogen and oxygen atoms in total. The molecule has 1 aromatic heterocycles. The molecule has 1 aliphatic heterocycles. The fraction of sp³-hybridized carbons (Fsp3) is 0.250. The Morgan fingerprint density at radius 1 is 1.04 bits per heavy atom. The number of aromatic nitrogens is 1. The van der Waals surface area contributed by atoms with Crippen molar-refractivity contribution in [2.45, 2.75) is 0 Å². The first-order chi connectivity index (χ1) is 12.6. The van der Waals surface area contributed by atoms with Gasteiger partial charge in [-0.15, -0.1) is 0 Å². The fourth-order valence-corrected chi connectivity index (χ4v) is 3.24. The van der Waals surface area contributed by atoms with Crippen LogP contribution in [-0.4, -0.2) is 49.0 Å². The Labute approximate surface area is 151 Å². The van der Waals surface area contributed by atoms with E-state index in [1.165, 1.54) is 12.1 Å². The molecular weight excluding hydrogens is 331 g/mol. The van der Waals surface area contributed by atoms with Crippen molar-refractivity contribution in [1.82, 2.24) is 9.88 Å². The largest absolute Gasteiger partial charge is 0.369 e. The van der Waals surface area contributed by atoms with Crippen LogP contribution >= 0.6 is 0 Å². The van der Waals surface area contributed by atoms with Crippen LogP contribution in [0.4, 0.5) is 15.8 Å². The molecule has 0 saturated carbocycles. The minimum atomic E-state index is -0.328. The monoisotopic (exact) mass is 352 g/mol. The summed E-state index contributed by atoms with van der Waals surface area (Å²) < 4.78 is 13.3. The highest BCUT2D eigenvalue weighted by Gasteiger charge is 2.15. The molecule has 0 bridgehead atoms. The van der Waals surface area contributed by atoms with Crippen LogP contribution in [0.15, 0.2) is 48.5 Å². The maximum Gasteiger partial charge on any atom is 0.272 e. The first kappa shape index (κ1) is 16.6. The van der Waals surface area contributed by atoms with E-state index in [1.807, 2.05) is 24.3 Å². The summed E-state index contributed by atoms with van der Waals surface area (Å²) in [6.07, 6.45) is 0. The summed E-state index contributed by atoms with van der Waals surface area (Å²) in [6, 6.07) is 14.0. The number of hydrogen-bond acceptors (Lipinski definition) is 3. The standard InChI is InChI=1S/C20H21FN4O/c1-24-8-10-25(11-9-24)17-6-4-16(5-7-17)22-20(26)19-12-14-2-3-15(21)13-18(14)23-19/h2-7,12-13,23H,8-11H2,1H3,(H,22,26). The highest BCUT2D eigenvalue weighted by atomic mass is 19.1. The van der Waals surface area contributed by atoms with Crippen molar-refractivity contribution in [2.24, 2.45) is 0 Å². The van der Waals surface area contributed by atoms with Gasteiger partial charge in [-0.05, 0) is 55.6 Å². The molecule has 0 unspecified atom stereocenters. The second-order valence-corrected chi connectivity index (χ2v) is 6.71. The minimum absolute atomic E-state index is 0.242. The highest BCUT2D eigenvalue weighted by Crippen LogP contribution is 2.21. The molecule has 3 aromatic rings. The summed E-state index contributed by atoms with van der Waals surface area (Å²) in [5.41, 5.74) is 2.92. The van der Waals surface area contributed by atoms with Gasteiger partial charge in [-0.1, -0.05) is 0 Å². The number of halogens is 1. The lowest BCUT2D eigenvalue weighted by atomic mass is 10.2. The van der Waals surface area contributed by atoms with Gasteiger partial charge in [0.05, 0.1) is 0 Å². The van der Waals surface area contributed by atoms with Crippen molar-refractivity contribution >= 4 is 28.2 Å². The molecule has 0 spiro atoms. The number of hydrogen-bond donors (Lipinski definition) is 2. The maximum absolute atomic E-state index is 13.3. The predicted molar refractivity (Wildman–Crippen MR) is 102 cm³/mol. The van der Waals surface area contributed by atoms with Gasteiger partial charge in [0.1, 0.15) is 11.5 Å².